The maximum atomic E-state index is 13.0. The van der Waals surface area contributed by atoms with Crippen LogP contribution < -0.4 is 10.5 Å². The average Bonchev–Trinajstić information content (AvgIpc) is 3.30. The van der Waals surface area contributed by atoms with Crippen LogP contribution in [0.5, 0.6) is 0 Å². The number of hydrogen-bond acceptors (Lipinski definition) is 4. The molecule has 0 saturated heterocycles. The van der Waals surface area contributed by atoms with Gasteiger partial charge < -0.3 is 9.47 Å². The molecule has 0 saturated carbocycles. The number of para-hydroxylation sites is 2. The van der Waals surface area contributed by atoms with Crippen molar-refractivity contribution in [2.45, 2.75) is 0 Å². The van der Waals surface area contributed by atoms with Gasteiger partial charge in [-0.15, -0.1) is 22.7 Å². The maximum Gasteiger partial charge on any atom is 0.268 e. The third-order valence-corrected chi connectivity index (χ3v) is 7.49. The number of amides is 1. The molecule has 0 aliphatic heterocycles. The van der Waals surface area contributed by atoms with Crippen molar-refractivity contribution in [3.8, 4) is 0 Å². The fourth-order valence-corrected chi connectivity index (χ4v) is 6.15. The first-order valence-corrected chi connectivity index (χ1v) is 10.5. The zero-order valence-electron chi connectivity index (χ0n) is 15.3. The Balaban J connectivity index is 1.72. The minimum Gasteiger partial charge on any atom is -0.311 e. The molecule has 0 radical (unpaired) electrons. The summed E-state index contributed by atoms with van der Waals surface area (Å²) >= 11 is 2.93. The second kappa shape index (κ2) is 6.29. The quantitative estimate of drug-likeness (QED) is 0.404. The molecule has 0 aliphatic rings. The van der Waals surface area contributed by atoms with Crippen LogP contribution in [0.25, 0.3) is 30.4 Å². The summed E-state index contributed by atoms with van der Waals surface area (Å²) in [6.45, 7) is 0. The molecule has 5 rings (SSSR count). The number of carbonyl (C=O) groups excluding carboxylic acids is 1. The summed E-state index contributed by atoms with van der Waals surface area (Å²) in [4.78, 5) is 28.2. The Morgan fingerprint density at radius 3 is 2.46 bits per heavy atom. The van der Waals surface area contributed by atoms with Crippen molar-refractivity contribution in [1.29, 1.82) is 0 Å². The van der Waals surface area contributed by atoms with E-state index in [-0.39, 0.29) is 11.5 Å². The maximum absolute atomic E-state index is 13.0. The highest BCUT2D eigenvalue weighted by atomic mass is 32.2. The predicted octanol–water partition coefficient (Wildman–Crippen LogP) is 5.24. The monoisotopic (exact) mass is 404 g/mol. The Labute approximate surface area is 168 Å². The van der Waals surface area contributed by atoms with E-state index < -0.39 is 0 Å². The van der Waals surface area contributed by atoms with Crippen LogP contribution in [0.1, 0.15) is 9.67 Å². The largest absolute Gasteiger partial charge is 0.311 e. The Morgan fingerprint density at radius 1 is 0.964 bits per heavy atom. The van der Waals surface area contributed by atoms with E-state index in [9.17, 15) is 9.59 Å². The molecule has 0 bridgehead atoms. The predicted molar refractivity (Wildman–Crippen MR) is 119 cm³/mol. The van der Waals surface area contributed by atoms with E-state index in [1.54, 1.807) is 16.5 Å². The standard InChI is InChI=1S/C22H16N2O2S2/c1-23(13-8-4-3-5-9-13)20(25)17-12-15-18-14-10-6-7-11-16(14)24(2)21(26)19(18)28-22(15)27-17/h3-12H,1-2H3. The van der Waals surface area contributed by atoms with E-state index in [1.165, 1.54) is 22.7 Å². The molecule has 0 unspecified atom stereocenters. The van der Waals surface area contributed by atoms with E-state index in [1.807, 2.05) is 67.7 Å². The first kappa shape index (κ1) is 17.2. The zero-order chi connectivity index (χ0) is 19.4. The topological polar surface area (TPSA) is 42.3 Å². The van der Waals surface area contributed by atoms with Gasteiger partial charge in [0, 0.05) is 35.9 Å². The number of rotatable bonds is 2. The number of benzene rings is 2. The van der Waals surface area contributed by atoms with Gasteiger partial charge in [0.15, 0.2) is 0 Å². The van der Waals surface area contributed by atoms with Gasteiger partial charge >= 0.3 is 0 Å². The van der Waals surface area contributed by atoms with Gasteiger partial charge in [0.2, 0.25) is 0 Å². The number of carbonyl (C=O) groups is 1. The van der Waals surface area contributed by atoms with E-state index in [0.717, 1.165) is 36.1 Å². The van der Waals surface area contributed by atoms with Crippen LogP contribution in [-0.2, 0) is 7.05 Å². The van der Waals surface area contributed by atoms with Gasteiger partial charge in [-0.3, -0.25) is 9.59 Å². The second-order valence-corrected chi connectivity index (χ2v) is 9.03. The number of aromatic nitrogens is 1. The van der Waals surface area contributed by atoms with Crippen molar-refractivity contribution in [1.82, 2.24) is 4.57 Å². The molecule has 3 aromatic heterocycles. The molecule has 0 spiro atoms. The normalized spacial score (nSPS) is 11.5. The Hall–Kier alpha value is -2.96. The van der Waals surface area contributed by atoms with Crippen molar-refractivity contribution in [2.75, 3.05) is 11.9 Å². The number of thiophene rings is 2. The molecule has 6 heteroatoms. The van der Waals surface area contributed by atoms with Crippen molar-refractivity contribution >= 4 is 64.7 Å². The van der Waals surface area contributed by atoms with Crippen LogP contribution in [0.3, 0.4) is 0 Å². The highest BCUT2D eigenvalue weighted by Crippen LogP contribution is 2.41. The van der Waals surface area contributed by atoms with Crippen molar-refractivity contribution < 1.29 is 4.79 Å². The molecule has 1 amide bonds. The van der Waals surface area contributed by atoms with Gasteiger partial charge in [0.05, 0.1) is 14.4 Å². The Morgan fingerprint density at radius 2 is 1.68 bits per heavy atom. The highest BCUT2D eigenvalue weighted by Gasteiger charge is 2.21. The molecule has 28 heavy (non-hydrogen) atoms. The summed E-state index contributed by atoms with van der Waals surface area (Å²) < 4.78 is 3.46. The van der Waals surface area contributed by atoms with E-state index in [2.05, 4.69) is 0 Å². The average molecular weight is 405 g/mol. The lowest BCUT2D eigenvalue weighted by Crippen LogP contribution is -2.25. The zero-order valence-corrected chi connectivity index (χ0v) is 16.9. The minimum absolute atomic E-state index is 0.0105. The summed E-state index contributed by atoms with van der Waals surface area (Å²) in [6, 6.07) is 19.5. The van der Waals surface area contributed by atoms with Gasteiger partial charge in [0.1, 0.15) is 4.70 Å². The molecule has 4 nitrogen and oxygen atoms in total. The number of pyridine rings is 1. The molecular weight excluding hydrogens is 388 g/mol. The van der Waals surface area contributed by atoms with Crippen LogP contribution in [0.4, 0.5) is 5.69 Å². The highest BCUT2D eigenvalue weighted by molar-refractivity contribution is 7.42. The van der Waals surface area contributed by atoms with Gasteiger partial charge in [-0.05, 0) is 24.3 Å². The molecule has 0 N–H and O–H groups in total. The van der Waals surface area contributed by atoms with Crippen molar-refractivity contribution in [3.63, 3.8) is 0 Å². The van der Waals surface area contributed by atoms with Crippen LogP contribution >= 0.6 is 22.7 Å². The summed E-state index contributed by atoms with van der Waals surface area (Å²) in [7, 11) is 3.59. The molecule has 0 atom stereocenters. The Bertz CT molecular complexity index is 1430. The molecule has 5 aromatic rings. The number of anilines is 1. The molecule has 0 fully saturated rings. The summed E-state index contributed by atoms with van der Waals surface area (Å²) in [5.41, 5.74) is 1.77. The van der Waals surface area contributed by atoms with Crippen molar-refractivity contribution in [3.05, 3.63) is 75.9 Å². The third kappa shape index (κ3) is 2.42. The van der Waals surface area contributed by atoms with E-state index in [0.29, 0.717) is 4.88 Å². The first-order valence-electron chi connectivity index (χ1n) is 8.83. The third-order valence-electron chi connectivity index (χ3n) is 5.08. The number of aryl methyl sites for hydroxylation is 1. The van der Waals surface area contributed by atoms with E-state index >= 15 is 0 Å². The molecule has 2 aromatic carbocycles. The lowest BCUT2D eigenvalue weighted by atomic mass is 10.1. The lowest BCUT2D eigenvalue weighted by Gasteiger charge is -2.15. The number of fused-ring (bicyclic) bond motifs is 5. The molecule has 0 aliphatic carbocycles. The summed E-state index contributed by atoms with van der Waals surface area (Å²) in [6.07, 6.45) is 0. The van der Waals surface area contributed by atoms with Gasteiger partial charge in [-0.25, -0.2) is 0 Å². The lowest BCUT2D eigenvalue weighted by molar-refractivity contribution is 0.0997. The number of nitrogens with zero attached hydrogens (tertiary/aromatic N) is 2. The molecular formula is C22H16N2O2S2. The summed E-state index contributed by atoms with van der Waals surface area (Å²) in [5, 5.41) is 2.99. The van der Waals surface area contributed by atoms with E-state index in [4.69, 9.17) is 0 Å². The first-order chi connectivity index (χ1) is 13.6. The minimum atomic E-state index is -0.0408. The fourth-order valence-electron chi connectivity index (χ4n) is 3.59. The second-order valence-electron chi connectivity index (χ2n) is 6.70. The van der Waals surface area contributed by atoms with Gasteiger partial charge in [0.25, 0.3) is 11.5 Å². The van der Waals surface area contributed by atoms with Crippen LogP contribution in [0, 0.1) is 0 Å². The van der Waals surface area contributed by atoms with Crippen LogP contribution in [0.2, 0.25) is 0 Å². The van der Waals surface area contributed by atoms with Gasteiger partial charge in [-0.2, -0.15) is 0 Å². The molecule has 3 heterocycles. The van der Waals surface area contributed by atoms with Crippen LogP contribution in [0.15, 0.2) is 65.5 Å². The summed E-state index contributed by atoms with van der Waals surface area (Å²) in [5.74, 6) is -0.0408. The van der Waals surface area contributed by atoms with Crippen LogP contribution in [-0.4, -0.2) is 17.5 Å². The Kier molecular flexibility index (Phi) is 3.86. The number of hydrogen-bond donors (Lipinski definition) is 0. The fraction of sp³-hybridized carbons (Fsp3) is 0.0909. The smallest absolute Gasteiger partial charge is 0.268 e. The molecule has 138 valence electrons. The van der Waals surface area contributed by atoms with Gasteiger partial charge in [-0.1, -0.05) is 36.4 Å². The van der Waals surface area contributed by atoms with Crippen molar-refractivity contribution in [2.24, 2.45) is 7.05 Å². The SMILES string of the molecule is CN(C(=O)c1cc2c(s1)sc1c(=O)n(C)c3ccccc3c12)c1ccccc1.